The van der Waals surface area contributed by atoms with Crippen LogP contribution in [0, 0.1) is 0 Å². The van der Waals surface area contributed by atoms with E-state index in [2.05, 4.69) is 17.3 Å². The van der Waals surface area contributed by atoms with Gasteiger partial charge in [0.05, 0.1) is 6.54 Å². The summed E-state index contributed by atoms with van der Waals surface area (Å²) in [4.78, 5) is 26.5. The Morgan fingerprint density at radius 3 is 2.44 bits per heavy atom. The summed E-state index contributed by atoms with van der Waals surface area (Å²) in [6.07, 6.45) is 2.03. The SMILES string of the molecule is CC(=O)NCC(=O)N(C)C1CCN(C)CC1. The average Bonchev–Trinajstić information content (AvgIpc) is 2.26. The van der Waals surface area contributed by atoms with E-state index in [4.69, 9.17) is 0 Å². The average molecular weight is 227 g/mol. The van der Waals surface area contributed by atoms with Crippen molar-refractivity contribution in [2.24, 2.45) is 0 Å². The maximum atomic E-state index is 11.7. The van der Waals surface area contributed by atoms with Crippen LogP contribution in [0.1, 0.15) is 19.8 Å². The lowest BCUT2D eigenvalue weighted by Gasteiger charge is -2.35. The van der Waals surface area contributed by atoms with Gasteiger partial charge in [-0.05, 0) is 33.0 Å². The van der Waals surface area contributed by atoms with Gasteiger partial charge in [-0.15, -0.1) is 0 Å². The Bertz CT molecular complexity index is 260. The Morgan fingerprint density at radius 1 is 1.38 bits per heavy atom. The summed E-state index contributed by atoms with van der Waals surface area (Å²) in [5, 5.41) is 2.53. The van der Waals surface area contributed by atoms with E-state index in [1.165, 1.54) is 6.92 Å². The Balaban J connectivity index is 2.35. The van der Waals surface area contributed by atoms with Crippen LogP contribution in [0.25, 0.3) is 0 Å². The third-order valence-corrected chi connectivity index (χ3v) is 3.12. The lowest BCUT2D eigenvalue weighted by molar-refractivity contribution is -0.133. The monoisotopic (exact) mass is 227 g/mol. The molecule has 0 atom stereocenters. The molecule has 0 bridgehead atoms. The summed E-state index contributed by atoms with van der Waals surface area (Å²) in [7, 11) is 3.91. The Hall–Kier alpha value is -1.10. The summed E-state index contributed by atoms with van der Waals surface area (Å²) in [6, 6.07) is 0.317. The predicted octanol–water partition coefficient (Wildman–Crippen LogP) is -0.325. The molecular formula is C11H21N3O2. The second-order valence-electron chi connectivity index (χ2n) is 4.45. The quantitative estimate of drug-likeness (QED) is 0.718. The Labute approximate surface area is 96.8 Å². The highest BCUT2D eigenvalue weighted by Crippen LogP contribution is 2.13. The topological polar surface area (TPSA) is 52.7 Å². The number of rotatable bonds is 3. The van der Waals surface area contributed by atoms with E-state index < -0.39 is 0 Å². The number of likely N-dealkylation sites (N-methyl/N-ethyl adjacent to an activating group) is 1. The van der Waals surface area contributed by atoms with Crippen LogP contribution in [-0.2, 0) is 9.59 Å². The van der Waals surface area contributed by atoms with Gasteiger partial charge in [0.25, 0.3) is 0 Å². The van der Waals surface area contributed by atoms with Crippen LogP contribution in [0.15, 0.2) is 0 Å². The molecule has 0 aromatic carbocycles. The number of carbonyl (C=O) groups excluding carboxylic acids is 2. The summed E-state index contributed by atoms with van der Waals surface area (Å²) in [5.74, 6) is -0.171. The van der Waals surface area contributed by atoms with Gasteiger partial charge in [-0.1, -0.05) is 0 Å². The fraction of sp³-hybridized carbons (Fsp3) is 0.818. The summed E-state index contributed by atoms with van der Waals surface area (Å²) in [6.45, 7) is 3.59. The van der Waals surface area contributed by atoms with Crippen molar-refractivity contribution in [3.05, 3.63) is 0 Å². The Morgan fingerprint density at radius 2 is 1.94 bits per heavy atom. The molecule has 1 aliphatic heterocycles. The molecule has 2 amide bonds. The lowest BCUT2D eigenvalue weighted by Crippen LogP contribution is -2.47. The van der Waals surface area contributed by atoms with Crippen molar-refractivity contribution in [2.75, 3.05) is 33.7 Å². The number of piperidine rings is 1. The normalized spacial score (nSPS) is 18.2. The van der Waals surface area contributed by atoms with Gasteiger partial charge in [-0.3, -0.25) is 9.59 Å². The van der Waals surface area contributed by atoms with Gasteiger partial charge in [0.1, 0.15) is 0 Å². The maximum Gasteiger partial charge on any atom is 0.241 e. The molecule has 1 aliphatic rings. The minimum Gasteiger partial charge on any atom is -0.347 e. The van der Waals surface area contributed by atoms with Crippen LogP contribution in [-0.4, -0.2) is 61.4 Å². The zero-order valence-electron chi connectivity index (χ0n) is 10.3. The van der Waals surface area contributed by atoms with Crippen LogP contribution >= 0.6 is 0 Å². The van der Waals surface area contributed by atoms with Crippen molar-refractivity contribution in [2.45, 2.75) is 25.8 Å². The first-order valence-corrected chi connectivity index (χ1v) is 5.69. The van der Waals surface area contributed by atoms with Crippen molar-refractivity contribution >= 4 is 11.8 Å². The van der Waals surface area contributed by atoms with Crippen molar-refractivity contribution < 1.29 is 9.59 Å². The molecular weight excluding hydrogens is 206 g/mol. The predicted molar refractivity (Wildman–Crippen MR) is 62.0 cm³/mol. The largest absolute Gasteiger partial charge is 0.347 e. The second-order valence-corrected chi connectivity index (χ2v) is 4.45. The van der Waals surface area contributed by atoms with Crippen LogP contribution in [0.4, 0.5) is 0 Å². The number of nitrogens with zero attached hydrogens (tertiary/aromatic N) is 2. The van der Waals surface area contributed by atoms with E-state index in [1.54, 1.807) is 4.90 Å². The van der Waals surface area contributed by atoms with Crippen molar-refractivity contribution in [1.29, 1.82) is 0 Å². The minimum absolute atomic E-state index is 0.00949. The first-order valence-electron chi connectivity index (χ1n) is 5.69. The number of nitrogens with one attached hydrogen (secondary N) is 1. The maximum absolute atomic E-state index is 11.7. The number of amides is 2. The first-order chi connectivity index (χ1) is 7.50. The van der Waals surface area contributed by atoms with E-state index in [0.29, 0.717) is 6.04 Å². The molecule has 5 heteroatoms. The van der Waals surface area contributed by atoms with Crippen LogP contribution < -0.4 is 5.32 Å². The zero-order chi connectivity index (χ0) is 12.1. The molecule has 0 spiro atoms. The molecule has 1 saturated heterocycles. The second kappa shape index (κ2) is 5.84. The molecule has 1 heterocycles. The van der Waals surface area contributed by atoms with Crippen molar-refractivity contribution in [3.63, 3.8) is 0 Å². The minimum atomic E-state index is -0.162. The molecule has 0 radical (unpaired) electrons. The molecule has 1 N–H and O–H groups in total. The standard InChI is InChI=1S/C11H21N3O2/c1-9(15)12-8-11(16)14(3)10-4-6-13(2)7-5-10/h10H,4-8H2,1-3H3,(H,12,15). The van der Waals surface area contributed by atoms with Gasteiger partial charge in [0.15, 0.2) is 0 Å². The molecule has 1 rings (SSSR count). The molecule has 16 heavy (non-hydrogen) atoms. The first kappa shape index (κ1) is 13.0. The number of hydrogen-bond donors (Lipinski definition) is 1. The highest BCUT2D eigenvalue weighted by atomic mass is 16.2. The smallest absolute Gasteiger partial charge is 0.241 e. The third-order valence-electron chi connectivity index (χ3n) is 3.12. The molecule has 0 aliphatic carbocycles. The van der Waals surface area contributed by atoms with E-state index in [0.717, 1.165) is 25.9 Å². The molecule has 1 fully saturated rings. The number of hydrogen-bond acceptors (Lipinski definition) is 3. The van der Waals surface area contributed by atoms with Crippen LogP contribution in [0.3, 0.4) is 0 Å². The van der Waals surface area contributed by atoms with Gasteiger partial charge in [0.2, 0.25) is 11.8 Å². The van der Waals surface area contributed by atoms with E-state index in [-0.39, 0.29) is 18.4 Å². The van der Waals surface area contributed by atoms with E-state index in [9.17, 15) is 9.59 Å². The molecule has 0 saturated carbocycles. The van der Waals surface area contributed by atoms with Crippen molar-refractivity contribution in [1.82, 2.24) is 15.1 Å². The fourth-order valence-electron chi connectivity index (χ4n) is 1.91. The molecule has 5 nitrogen and oxygen atoms in total. The van der Waals surface area contributed by atoms with Gasteiger partial charge in [-0.2, -0.15) is 0 Å². The summed E-state index contributed by atoms with van der Waals surface area (Å²) >= 11 is 0. The summed E-state index contributed by atoms with van der Waals surface area (Å²) in [5.41, 5.74) is 0. The highest BCUT2D eigenvalue weighted by molar-refractivity contribution is 5.83. The Kier molecular flexibility index (Phi) is 4.73. The van der Waals surface area contributed by atoms with Crippen LogP contribution in [0.2, 0.25) is 0 Å². The van der Waals surface area contributed by atoms with Gasteiger partial charge in [0, 0.05) is 20.0 Å². The fourth-order valence-corrected chi connectivity index (χ4v) is 1.91. The summed E-state index contributed by atoms with van der Waals surface area (Å²) < 4.78 is 0. The zero-order valence-corrected chi connectivity index (χ0v) is 10.3. The van der Waals surface area contributed by atoms with Gasteiger partial charge < -0.3 is 15.1 Å². The van der Waals surface area contributed by atoms with Gasteiger partial charge in [-0.25, -0.2) is 0 Å². The lowest BCUT2D eigenvalue weighted by atomic mass is 10.0. The number of carbonyl (C=O) groups is 2. The van der Waals surface area contributed by atoms with Crippen molar-refractivity contribution in [3.8, 4) is 0 Å². The molecule has 0 unspecified atom stereocenters. The molecule has 0 aromatic heterocycles. The van der Waals surface area contributed by atoms with Gasteiger partial charge >= 0.3 is 0 Å². The number of likely N-dealkylation sites (tertiary alicyclic amines) is 1. The molecule has 0 aromatic rings. The highest BCUT2D eigenvalue weighted by Gasteiger charge is 2.23. The molecule has 92 valence electrons. The third kappa shape index (κ3) is 3.81. The van der Waals surface area contributed by atoms with E-state index in [1.807, 2.05) is 7.05 Å². The van der Waals surface area contributed by atoms with E-state index >= 15 is 0 Å². The van der Waals surface area contributed by atoms with Crippen LogP contribution in [0.5, 0.6) is 0 Å².